The summed E-state index contributed by atoms with van der Waals surface area (Å²) in [4.78, 5) is 0. The second-order valence-electron chi connectivity index (χ2n) is 5.07. The molecule has 0 aromatic heterocycles. The molecule has 0 aromatic carbocycles. The minimum atomic E-state index is -0.379. The van der Waals surface area contributed by atoms with Crippen molar-refractivity contribution in [3.05, 3.63) is 12.7 Å². The maximum atomic E-state index is 9.99. The first-order chi connectivity index (χ1) is 6.96. The van der Waals surface area contributed by atoms with E-state index in [0.717, 1.165) is 12.8 Å². The number of aliphatic hydroxyl groups is 1. The fourth-order valence-electron chi connectivity index (χ4n) is 2.59. The zero-order valence-corrected chi connectivity index (χ0v) is 9.69. The lowest BCUT2D eigenvalue weighted by molar-refractivity contribution is -0.0403. The zero-order valence-electron chi connectivity index (χ0n) is 9.69. The summed E-state index contributed by atoms with van der Waals surface area (Å²) in [5.41, 5.74) is -0.638. The number of hydrogen-bond donors (Lipinski definition) is 1. The van der Waals surface area contributed by atoms with Crippen LogP contribution in [0.1, 0.15) is 26.7 Å². The third-order valence-corrected chi connectivity index (χ3v) is 4.30. The van der Waals surface area contributed by atoms with Crippen LogP contribution in [0.2, 0.25) is 0 Å². The molecule has 1 N–H and O–H groups in total. The molecule has 0 aromatic rings. The van der Waals surface area contributed by atoms with Crippen LogP contribution in [-0.2, 0) is 9.47 Å². The molecule has 1 aliphatic heterocycles. The molecule has 3 unspecified atom stereocenters. The topological polar surface area (TPSA) is 42.0 Å². The van der Waals surface area contributed by atoms with Crippen LogP contribution in [-0.4, -0.2) is 35.6 Å². The van der Waals surface area contributed by atoms with Gasteiger partial charge in [-0.3, -0.25) is 0 Å². The summed E-state index contributed by atoms with van der Waals surface area (Å²) in [5.74, 6) is 0.288. The first-order valence-corrected chi connectivity index (χ1v) is 5.51. The van der Waals surface area contributed by atoms with Gasteiger partial charge in [-0.1, -0.05) is 6.08 Å². The van der Waals surface area contributed by atoms with Crippen molar-refractivity contribution in [2.75, 3.05) is 7.11 Å². The molecule has 5 atom stereocenters. The molecule has 0 bridgehead atoms. The number of fused-ring (bicyclic) bond motifs is 1. The Balaban J connectivity index is 2.10. The average molecular weight is 212 g/mol. The van der Waals surface area contributed by atoms with E-state index >= 15 is 0 Å². The van der Waals surface area contributed by atoms with Gasteiger partial charge >= 0.3 is 0 Å². The lowest BCUT2D eigenvalue weighted by atomic mass is 9.73. The summed E-state index contributed by atoms with van der Waals surface area (Å²) in [5, 5.41) is 9.99. The van der Waals surface area contributed by atoms with E-state index < -0.39 is 0 Å². The van der Waals surface area contributed by atoms with E-state index in [1.165, 1.54) is 0 Å². The van der Waals surface area contributed by atoms with Crippen LogP contribution < -0.4 is 0 Å². The fraction of sp³-hybridized carbons (Fsp3) is 0.833. The summed E-state index contributed by atoms with van der Waals surface area (Å²) in [6.45, 7) is 7.81. The fourth-order valence-corrected chi connectivity index (χ4v) is 2.59. The molecule has 2 fully saturated rings. The van der Waals surface area contributed by atoms with Crippen molar-refractivity contribution in [3.63, 3.8) is 0 Å². The van der Waals surface area contributed by atoms with E-state index in [9.17, 15) is 5.11 Å². The maximum absolute atomic E-state index is 9.99. The Hall–Kier alpha value is -0.380. The second kappa shape index (κ2) is 3.30. The molecular formula is C12H20O3. The highest BCUT2D eigenvalue weighted by atomic mass is 16.6. The van der Waals surface area contributed by atoms with E-state index in [0.29, 0.717) is 0 Å². The van der Waals surface area contributed by atoms with Crippen molar-refractivity contribution in [1.82, 2.24) is 0 Å². The lowest BCUT2D eigenvalue weighted by Crippen LogP contribution is -2.45. The van der Waals surface area contributed by atoms with Gasteiger partial charge in [0.2, 0.25) is 0 Å². The Kier molecular flexibility index (Phi) is 2.45. The van der Waals surface area contributed by atoms with E-state index in [-0.39, 0.29) is 29.3 Å². The monoisotopic (exact) mass is 212 g/mol. The van der Waals surface area contributed by atoms with Gasteiger partial charge in [0.05, 0.1) is 17.8 Å². The molecule has 1 saturated heterocycles. The number of epoxide rings is 1. The average Bonchev–Trinajstić information content (AvgIpc) is 2.90. The smallest absolute Gasteiger partial charge is 0.118 e. The highest BCUT2D eigenvalue weighted by Crippen LogP contribution is 2.52. The van der Waals surface area contributed by atoms with E-state index in [4.69, 9.17) is 9.47 Å². The zero-order chi connectivity index (χ0) is 11.3. The van der Waals surface area contributed by atoms with Gasteiger partial charge in [0.1, 0.15) is 5.60 Å². The molecular weight excluding hydrogens is 192 g/mol. The predicted molar refractivity (Wildman–Crippen MR) is 57.6 cm³/mol. The van der Waals surface area contributed by atoms with Crippen LogP contribution in [0, 0.1) is 5.92 Å². The van der Waals surface area contributed by atoms with Crippen molar-refractivity contribution in [1.29, 1.82) is 0 Å². The highest BCUT2D eigenvalue weighted by Gasteiger charge is 2.62. The Labute approximate surface area is 91.1 Å². The van der Waals surface area contributed by atoms with Crippen molar-refractivity contribution in [2.24, 2.45) is 5.92 Å². The third-order valence-electron chi connectivity index (χ3n) is 4.30. The minimum Gasteiger partial charge on any atom is -0.390 e. The molecule has 86 valence electrons. The Morgan fingerprint density at radius 2 is 2.27 bits per heavy atom. The minimum absolute atomic E-state index is 0.195. The summed E-state index contributed by atoms with van der Waals surface area (Å²) in [6.07, 6.45) is 3.32. The molecule has 1 heterocycles. The third kappa shape index (κ3) is 1.53. The number of aliphatic hydroxyl groups excluding tert-OH is 1. The molecule has 15 heavy (non-hydrogen) atoms. The molecule has 0 spiro atoms. The highest BCUT2D eigenvalue weighted by molar-refractivity contribution is 5.13. The SMILES string of the molecule is C=CC(C)(OC)[C@H]1CC(O)[C@]2(C)OC2C1. The van der Waals surface area contributed by atoms with Gasteiger partial charge in [0.15, 0.2) is 0 Å². The molecule has 3 heteroatoms. The number of rotatable bonds is 3. The number of methoxy groups -OCH3 is 1. The van der Waals surface area contributed by atoms with E-state index in [2.05, 4.69) is 6.58 Å². The van der Waals surface area contributed by atoms with Gasteiger partial charge in [0.25, 0.3) is 0 Å². The van der Waals surface area contributed by atoms with Crippen LogP contribution in [0.15, 0.2) is 12.7 Å². The summed E-state index contributed by atoms with van der Waals surface area (Å²) < 4.78 is 11.0. The summed E-state index contributed by atoms with van der Waals surface area (Å²) in [7, 11) is 1.69. The Morgan fingerprint density at radius 3 is 2.73 bits per heavy atom. The van der Waals surface area contributed by atoms with Crippen molar-refractivity contribution >= 4 is 0 Å². The van der Waals surface area contributed by atoms with Crippen LogP contribution in [0.25, 0.3) is 0 Å². The van der Waals surface area contributed by atoms with Gasteiger partial charge in [-0.15, -0.1) is 6.58 Å². The molecule has 2 rings (SSSR count). The summed E-state index contributed by atoms with van der Waals surface area (Å²) >= 11 is 0. The van der Waals surface area contributed by atoms with Crippen LogP contribution in [0.5, 0.6) is 0 Å². The predicted octanol–water partition coefficient (Wildman–Crippen LogP) is 1.51. The molecule has 2 aliphatic rings. The summed E-state index contributed by atoms with van der Waals surface area (Å²) in [6, 6.07) is 0. The second-order valence-corrected chi connectivity index (χ2v) is 5.07. The van der Waals surface area contributed by atoms with Crippen LogP contribution in [0.3, 0.4) is 0 Å². The first-order valence-electron chi connectivity index (χ1n) is 5.51. The number of hydrogen-bond acceptors (Lipinski definition) is 3. The van der Waals surface area contributed by atoms with Gasteiger partial charge in [-0.2, -0.15) is 0 Å². The van der Waals surface area contributed by atoms with Gasteiger partial charge in [-0.25, -0.2) is 0 Å². The molecule has 0 amide bonds. The van der Waals surface area contributed by atoms with Gasteiger partial charge < -0.3 is 14.6 Å². The lowest BCUT2D eigenvalue weighted by Gasteiger charge is -2.38. The molecule has 1 saturated carbocycles. The molecule has 0 radical (unpaired) electrons. The Bertz CT molecular complexity index is 278. The van der Waals surface area contributed by atoms with Crippen molar-refractivity contribution < 1.29 is 14.6 Å². The van der Waals surface area contributed by atoms with Crippen LogP contribution in [0.4, 0.5) is 0 Å². The molecule has 1 aliphatic carbocycles. The Morgan fingerprint density at radius 1 is 1.60 bits per heavy atom. The van der Waals surface area contributed by atoms with Crippen molar-refractivity contribution in [3.8, 4) is 0 Å². The quantitative estimate of drug-likeness (QED) is 0.569. The standard InChI is InChI=1S/C12H20O3/c1-5-11(2,14-4)8-6-9(13)12(3)10(7-8)15-12/h5,8-10,13H,1,6-7H2,2-4H3/t8-,9?,10?,11?,12-/m0/s1. The maximum Gasteiger partial charge on any atom is 0.118 e. The van der Waals surface area contributed by atoms with Gasteiger partial charge in [0, 0.05) is 7.11 Å². The van der Waals surface area contributed by atoms with Gasteiger partial charge in [-0.05, 0) is 32.6 Å². The molecule has 3 nitrogen and oxygen atoms in total. The van der Waals surface area contributed by atoms with E-state index in [1.807, 2.05) is 19.9 Å². The normalized spacial score (nSPS) is 47.9. The van der Waals surface area contributed by atoms with Crippen molar-refractivity contribution in [2.45, 2.75) is 50.1 Å². The first kappa shape index (κ1) is 11.1. The van der Waals surface area contributed by atoms with Crippen LogP contribution >= 0.6 is 0 Å². The van der Waals surface area contributed by atoms with E-state index in [1.54, 1.807) is 7.11 Å². The number of ether oxygens (including phenoxy) is 2. The largest absolute Gasteiger partial charge is 0.390 e.